The van der Waals surface area contributed by atoms with Crippen LogP contribution in [0.2, 0.25) is 0 Å². The molecule has 1 saturated heterocycles. The third-order valence-corrected chi connectivity index (χ3v) is 5.45. The van der Waals surface area contributed by atoms with Gasteiger partial charge in [0, 0.05) is 17.8 Å². The first kappa shape index (κ1) is 20.6. The molecule has 0 bridgehead atoms. The minimum atomic E-state index is -0.963. The number of urea groups is 1. The van der Waals surface area contributed by atoms with Crippen LogP contribution in [0.5, 0.6) is 11.5 Å². The van der Waals surface area contributed by atoms with Gasteiger partial charge in [-0.05, 0) is 30.9 Å². The van der Waals surface area contributed by atoms with E-state index in [4.69, 9.17) is 9.47 Å². The summed E-state index contributed by atoms with van der Waals surface area (Å²) in [5.74, 6) is -1.36. The number of ether oxygens (including phenoxy) is 2. The third kappa shape index (κ3) is 4.03. The van der Waals surface area contributed by atoms with Crippen molar-refractivity contribution in [1.29, 1.82) is 0 Å². The number of rotatable bonds is 6. The molecule has 3 rings (SSSR count). The Hall–Kier alpha value is -3.10. The van der Waals surface area contributed by atoms with Gasteiger partial charge in [0.15, 0.2) is 11.5 Å². The van der Waals surface area contributed by atoms with E-state index < -0.39 is 30.3 Å². The highest BCUT2D eigenvalue weighted by atomic mass is 16.5. The Morgan fingerprint density at radius 3 is 2.41 bits per heavy atom. The highest BCUT2D eigenvalue weighted by Crippen LogP contribution is 2.32. The maximum atomic E-state index is 12.7. The Balaban J connectivity index is 1.69. The summed E-state index contributed by atoms with van der Waals surface area (Å²) >= 11 is 0. The quantitative estimate of drug-likeness (QED) is 0.575. The fourth-order valence-corrected chi connectivity index (χ4v) is 3.89. The van der Waals surface area contributed by atoms with Crippen LogP contribution >= 0.6 is 0 Å². The number of hydrogen-bond acceptors (Lipinski definition) is 6. The monoisotopic (exact) mass is 403 g/mol. The lowest BCUT2D eigenvalue weighted by Crippen LogP contribution is -2.46. The minimum absolute atomic E-state index is 0.130. The normalized spacial score (nSPS) is 22.1. The fraction of sp³-hybridized carbons (Fsp3) is 0.500. The number of carbonyl (C=O) groups is 4. The van der Waals surface area contributed by atoms with Crippen LogP contribution in [0.1, 0.15) is 32.6 Å². The zero-order valence-electron chi connectivity index (χ0n) is 16.8. The summed E-state index contributed by atoms with van der Waals surface area (Å²) in [7, 11) is 2.97. The summed E-state index contributed by atoms with van der Waals surface area (Å²) in [6.45, 7) is 1.44. The van der Waals surface area contributed by atoms with Crippen LogP contribution in [0, 0.1) is 5.92 Å². The molecule has 1 N–H and O–H groups in total. The lowest BCUT2D eigenvalue weighted by Gasteiger charge is -2.34. The highest BCUT2D eigenvalue weighted by molar-refractivity contribution is 6.45. The van der Waals surface area contributed by atoms with E-state index in [1.165, 1.54) is 14.2 Å². The van der Waals surface area contributed by atoms with E-state index in [0.717, 1.165) is 24.2 Å². The second-order valence-electron chi connectivity index (χ2n) is 7.30. The lowest BCUT2D eigenvalue weighted by atomic mass is 9.85. The summed E-state index contributed by atoms with van der Waals surface area (Å²) in [5, 5.41) is 2.60. The van der Waals surface area contributed by atoms with Crippen LogP contribution in [-0.2, 0) is 14.4 Å². The molecular weight excluding hydrogens is 378 g/mol. The Morgan fingerprint density at radius 1 is 1.07 bits per heavy atom. The van der Waals surface area contributed by atoms with Crippen molar-refractivity contribution in [3.8, 4) is 11.5 Å². The first-order valence-corrected chi connectivity index (χ1v) is 9.58. The molecule has 9 heteroatoms. The van der Waals surface area contributed by atoms with Gasteiger partial charge in [0.25, 0.3) is 0 Å². The zero-order valence-corrected chi connectivity index (χ0v) is 16.8. The molecule has 0 aromatic heterocycles. The van der Waals surface area contributed by atoms with Gasteiger partial charge in [-0.15, -0.1) is 0 Å². The van der Waals surface area contributed by atoms with Gasteiger partial charge < -0.3 is 14.8 Å². The van der Waals surface area contributed by atoms with E-state index in [-0.39, 0.29) is 12.0 Å². The molecule has 2 fully saturated rings. The van der Waals surface area contributed by atoms with Crippen LogP contribution < -0.4 is 14.8 Å². The van der Waals surface area contributed by atoms with Gasteiger partial charge in [0.1, 0.15) is 6.54 Å². The van der Waals surface area contributed by atoms with E-state index in [0.29, 0.717) is 28.5 Å². The molecule has 0 unspecified atom stereocenters. The lowest BCUT2D eigenvalue weighted by molar-refractivity contribution is -0.145. The summed E-state index contributed by atoms with van der Waals surface area (Å²) < 4.78 is 10.3. The van der Waals surface area contributed by atoms with Crippen molar-refractivity contribution >= 4 is 29.4 Å². The number of nitrogens with one attached hydrogen (secondary N) is 1. The fourth-order valence-electron chi connectivity index (χ4n) is 3.89. The number of benzene rings is 1. The maximum Gasteiger partial charge on any atom is 0.334 e. The van der Waals surface area contributed by atoms with E-state index in [9.17, 15) is 19.2 Å². The first-order chi connectivity index (χ1) is 13.9. The average Bonchev–Trinajstić information content (AvgIpc) is 2.91. The number of imide groups is 2. The molecule has 9 nitrogen and oxygen atoms in total. The van der Waals surface area contributed by atoms with Crippen molar-refractivity contribution in [3.05, 3.63) is 18.2 Å². The van der Waals surface area contributed by atoms with Crippen molar-refractivity contribution in [1.82, 2.24) is 9.80 Å². The number of anilines is 1. The topological polar surface area (TPSA) is 105 Å². The smallest absolute Gasteiger partial charge is 0.334 e. The standard InChI is InChI=1S/C20H25N3O6/c1-12-6-4-5-7-14(12)23-19(26)18(25)22(20(23)27)11-17(24)21-13-8-9-15(28-2)16(10-13)29-3/h8-10,12,14H,4-7,11H2,1-3H3,(H,21,24)/t12-,14-/m0/s1. The van der Waals surface area contributed by atoms with E-state index in [1.54, 1.807) is 18.2 Å². The number of hydrogen-bond donors (Lipinski definition) is 1. The van der Waals surface area contributed by atoms with E-state index in [2.05, 4.69) is 5.32 Å². The second kappa shape index (κ2) is 8.50. The summed E-state index contributed by atoms with van der Waals surface area (Å²) in [6, 6.07) is 3.77. The summed E-state index contributed by atoms with van der Waals surface area (Å²) in [6.07, 6.45) is 3.52. The van der Waals surface area contributed by atoms with Crippen molar-refractivity contribution in [2.24, 2.45) is 5.92 Å². The molecule has 0 radical (unpaired) electrons. The Morgan fingerprint density at radius 2 is 1.76 bits per heavy atom. The molecule has 1 aliphatic carbocycles. The predicted octanol–water partition coefficient (Wildman–Crippen LogP) is 2.01. The second-order valence-corrected chi connectivity index (χ2v) is 7.30. The van der Waals surface area contributed by atoms with Gasteiger partial charge in [-0.2, -0.15) is 0 Å². The highest BCUT2D eigenvalue weighted by Gasteiger charge is 2.49. The van der Waals surface area contributed by atoms with Gasteiger partial charge >= 0.3 is 17.8 Å². The SMILES string of the molecule is COc1ccc(NC(=O)CN2C(=O)C(=O)N([C@H]3CCCC[C@@H]3C)C2=O)cc1OC. The number of amides is 5. The van der Waals surface area contributed by atoms with Crippen molar-refractivity contribution in [2.45, 2.75) is 38.6 Å². The van der Waals surface area contributed by atoms with Crippen LogP contribution in [-0.4, -0.2) is 60.4 Å². The van der Waals surface area contributed by atoms with Crippen LogP contribution in [0.4, 0.5) is 10.5 Å². The molecule has 1 aromatic carbocycles. The molecule has 0 spiro atoms. The van der Waals surface area contributed by atoms with E-state index >= 15 is 0 Å². The number of nitrogens with zero attached hydrogens (tertiary/aromatic N) is 2. The molecule has 2 atom stereocenters. The molecule has 1 aliphatic heterocycles. The molecule has 2 aliphatic rings. The molecule has 1 aromatic rings. The van der Waals surface area contributed by atoms with Gasteiger partial charge in [0.2, 0.25) is 5.91 Å². The van der Waals surface area contributed by atoms with Crippen LogP contribution in [0.25, 0.3) is 0 Å². The van der Waals surface area contributed by atoms with Crippen molar-refractivity contribution in [2.75, 3.05) is 26.1 Å². The van der Waals surface area contributed by atoms with Crippen LogP contribution in [0.3, 0.4) is 0 Å². The Labute approximate surface area is 168 Å². The zero-order chi connectivity index (χ0) is 21.1. The predicted molar refractivity (Wildman–Crippen MR) is 104 cm³/mol. The third-order valence-electron chi connectivity index (χ3n) is 5.45. The average molecular weight is 403 g/mol. The molecule has 29 heavy (non-hydrogen) atoms. The molecule has 1 heterocycles. The van der Waals surface area contributed by atoms with Crippen molar-refractivity contribution in [3.63, 3.8) is 0 Å². The van der Waals surface area contributed by atoms with Gasteiger partial charge in [-0.25, -0.2) is 9.69 Å². The Kier molecular flexibility index (Phi) is 6.05. The number of methoxy groups -OCH3 is 2. The van der Waals surface area contributed by atoms with Gasteiger partial charge in [-0.1, -0.05) is 19.8 Å². The molecular formula is C20H25N3O6. The summed E-state index contributed by atoms with van der Waals surface area (Å²) in [5.41, 5.74) is 0.413. The molecule has 156 valence electrons. The van der Waals surface area contributed by atoms with Gasteiger partial charge in [0.05, 0.1) is 14.2 Å². The maximum absolute atomic E-state index is 12.7. The molecule has 1 saturated carbocycles. The van der Waals surface area contributed by atoms with E-state index in [1.807, 2.05) is 6.92 Å². The largest absolute Gasteiger partial charge is 0.493 e. The van der Waals surface area contributed by atoms with Gasteiger partial charge in [-0.3, -0.25) is 19.3 Å². The molecule has 5 amide bonds. The number of carbonyl (C=O) groups excluding carboxylic acids is 4. The first-order valence-electron chi connectivity index (χ1n) is 9.58. The Bertz CT molecular complexity index is 840. The van der Waals surface area contributed by atoms with Crippen LogP contribution in [0.15, 0.2) is 18.2 Å². The summed E-state index contributed by atoms with van der Waals surface area (Å²) in [4.78, 5) is 51.7. The van der Waals surface area contributed by atoms with Crippen molar-refractivity contribution < 1.29 is 28.7 Å². The minimum Gasteiger partial charge on any atom is -0.493 e.